The number of carbonyl (C=O) groups is 1. The molecule has 1 aliphatic heterocycles. The van der Waals surface area contributed by atoms with E-state index in [1.807, 2.05) is 13.8 Å². The summed E-state index contributed by atoms with van der Waals surface area (Å²) in [6.45, 7) is 4.03. The molecule has 1 aromatic rings. The van der Waals surface area contributed by atoms with Crippen LogP contribution < -0.4 is 20.5 Å². The summed E-state index contributed by atoms with van der Waals surface area (Å²) in [4.78, 5) is 11.7. The first kappa shape index (κ1) is 14.6. The standard InChI is InChI=1S/C12H16N2O3.ClH/c1-7(2)11(13)12(15)14-8-3-4-9-10(5-8)17-6-16-9;/h3-5,7,11H,6,13H2,1-2H3,(H,14,15);1H. The van der Waals surface area contributed by atoms with Crippen molar-refractivity contribution >= 4 is 24.0 Å². The highest BCUT2D eigenvalue weighted by Gasteiger charge is 2.19. The fourth-order valence-corrected chi connectivity index (χ4v) is 1.50. The first-order valence-corrected chi connectivity index (χ1v) is 5.54. The molecule has 1 heterocycles. The van der Waals surface area contributed by atoms with Gasteiger partial charge in [0, 0.05) is 11.8 Å². The Morgan fingerprint density at radius 2 is 2.00 bits per heavy atom. The van der Waals surface area contributed by atoms with E-state index in [1.54, 1.807) is 18.2 Å². The van der Waals surface area contributed by atoms with Crippen molar-refractivity contribution in [1.29, 1.82) is 0 Å². The summed E-state index contributed by atoms with van der Waals surface area (Å²) < 4.78 is 10.4. The van der Waals surface area contributed by atoms with Gasteiger partial charge in [-0.2, -0.15) is 0 Å². The summed E-state index contributed by atoms with van der Waals surface area (Å²) in [7, 11) is 0. The third kappa shape index (κ3) is 3.05. The molecule has 0 fully saturated rings. The summed E-state index contributed by atoms with van der Waals surface area (Å²) in [5, 5.41) is 2.75. The zero-order valence-electron chi connectivity index (χ0n) is 10.3. The van der Waals surface area contributed by atoms with Crippen molar-refractivity contribution in [2.24, 2.45) is 11.7 Å². The van der Waals surface area contributed by atoms with Gasteiger partial charge in [-0.3, -0.25) is 4.79 Å². The molecular weight excluding hydrogens is 256 g/mol. The SMILES string of the molecule is CC(C)C(N)C(=O)Nc1ccc2c(c1)OCO2.Cl. The molecule has 0 spiro atoms. The highest BCUT2D eigenvalue weighted by atomic mass is 35.5. The Kier molecular flexibility index (Phi) is 4.81. The van der Waals surface area contributed by atoms with Gasteiger partial charge in [-0.05, 0) is 18.1 Å². The zero-order chi connectivity index (χ0) is 12.4. The molecule has 0 aromatic heterocycles. The van der Waals surface area contributed by atoms with Crippen LogP contribution in [0.5, 0.6) is 11.5 Å². The summed E-state index contributed by atoms with van der Waals surface area (Å²) in [5.74, 6) is 1.24. The lowest BCUT2D eigenvalue weighted by Crippen LogP contribution is -2.39. The Morgan fingerprint density at radius 3 is 2.67 bits per heavy atom. The molecule has 0 saturated carbocycles. The Hall–Kier alpha value is -1.46. The minimum atomic E-state index is -0.513. The van der Waals surface area contributed by atoms with Crippen LogP contribution in [0, 0.1) is 5.92 Å². The number of amides is 1. The molecule has 0 bridgehead atoms. The minimum absolute atomic E-state index is 0. The maximum atomic E-state index is 11.7. The van der Waals surface area contributed by atoms with E-state index in [-0.39, 0.29) is 31.0 Å². The molecule has 1 atom stereocenters. The average Bonchev–Trinajstić information content (AvgIpc) is 2.74. The van der Waals surface area contributed by atoms with Gasteiger partial charge in [-0.15, -0.1) is 12.4 Å². The monoisotopic (exact) mass is 272 g/mol. The van der Waals surface area contributed by atoms with Gasteiger partial charge in [0.05, 0.1) is 6.04 Å². The molecule has 1 amide bonds. The molecule has 0 saturated heterocycles. The third-order valence-corrected chi connectivity index (χ3v) is 2.66. The van der Waals surface area contributed by atoms with Crippen molar-refractivity contribution in [3.05, 3.63) is 18.2 Å². The third-order valence-electron chi connectivity index (χ3n) is 2.66. The number of benzene rings is 1. The Balaban J connectivity index is 0.00000162. The number of anilines is 1. The Morgan fingerprint density at radius 1 is 1.33 bits per heavy atom. The van der Waals surface area contributed by atoms with Gasteiger partial charge in [0.15, 0.2) is 11.5 Å². The van der Waals surface area contributed by atoms with E-state index in [2.05, 4.69) is 5.32 Å². The normalized spacial score (nSPS) is 14.0. The number of ether oxygens (including phenoxy) is 2. The smallest absolute Gasteiger partial charge is 0.241 e. The number of nitrogens with two attached hydrogens (primary N) is 1. The molecule has 18 heavy (non-hydrogen) atoms. The number of carbonyl (C=O) groups excluding carboxylic acids is 1. The van der Waals surface area contributed by atoms with Gasteiger partial charge in [0.1, 0.15) is 0 Å². The fourth-order valence-electron chi connectivity index (χ4n) is 1.50. The molecule has 1 aliphatic rings. The quantitative estimate of drug-likeness (QED) is 0.879. The van der Waals surface area contributed by atoms with Crippen LogP contribution >= 0.6 is 12.4 Å². The van der Waals surface area contributed by atoms with Crippen molar-refractivity contribution in [3.8, 4) is 11.5 Å². The lowest BCUT2D eigenvalue weighted by molar-refractivity contribution is -0.118. The largest absolute Gasteiger partial charge is 0.454 e. The van der Waals surface area contributed by atoms with Crippen molar-refractivity contribution in [3.63, 3.8) is 0 Å². The number of nitrogens with one attached hydrogen (secondary N) is 1. The van der Waals surface area contributed by atoms with Gasteiger partial charge in [0.2, 0.25) is 12.7 Å². The van der Waals surface area contributed by atoms with Crippen LogP contribution in [-0.2, 0) is 4.79 Å². The van der Waals surface area contributed by atoms with Crippen molar-refractivity contribution in [1.82, 2.24) is 0 Å². The van der Waals surface area contributed by atoms with Crippen molar-refractivity contribution in [2.75, 3.05) is 12.1 Å². The van der Waals surface area contributed by atoms with Crippen molar-refractivity contribution in [2.45, 2.75) is 19.9 Å². The first-order valence-electron chi connectivity index (χ1n) is 5.54. The van der Waals surface area contributed by atoms with E-state index in [0.29, 0.717) is 17.2 Å². The molecule has 0 aliphatic carbocycles. The van der Waals surface area contributed by atoms with Gasteiger partial charge in [-0.25, -0.2) is 0 Å². The van der Waals surface area contributed by atoms with E-state index in [4.69, 9.17) is 15.2 Å². The molecule has 0 radical (unpaired) electrons. The summed E-state index contributed by atoms with van der Waals surface area (Å²) >= 11 is 0. The van der Waals surface area contributed by atoms with E-state index in [1.165, 1.54) is 0 Å². The van der Waals surface area contributed by atoms with Crippen LogP contribution in [0.4, 0.5) is 5.69 Å². The summed E-state index contributed by atoms with van der Waals surface area (Å²) in [6.07, 6.45) is 0. The summed E-state index contributed by atoms with van der Waals surface area (Å²) in [6, 6.07) is 4.74. The molecular formula is C12H17ClN2O3. The molecule has 6 heteroatoms. The van der Waals surface area contributed by atoms with Crippen LogP contribution in [0.1, 0.15) is 13.8 Å². The predicted octanol–water partition coefficient (Wildman–Crippen LogP) is 1.76. The Labute approximate surface area is 112 Å². The van der Waals surface area contributed by atoms with Crippen molar-refractivity contribution < 1.29 is 14.3 Å². The van der Waals surface area contributed by atoms with E-state index >= 15 is 0 Å². The maximum absolute atomic E-state index is 11.7. The average molecular weight is 273 g/mol. The zero-order valence-corrected chi connectivity index (χ0v) is 11.1. The predicted molar refractivity (Wildman–Crippen MR) is 71.3 cm³/mol. The van der Waals surface area contributed by atoms with E-state index in [0.717, 1.165) is 0 Å². The topological polar surface area (TPSA) is 73.6 Å². The lowest BCUT2D eigenvalue weighted by atomic mass is 10.0. The summed E-state index contributed by atoms with van der Waals surface area (Å²) in [5.41, 5.74) is 6.42. The number of fused-ring (bicyclic) bond motifs is 1. The number of hydrogen-bond acceptors (Lipinski definition) is 4. The van der Waals surface area contributed by atoms with Crippen LogP contribution in [-0.4, -0.2) is 18.7 Å². The van der Waals surface area contributed by atoms with Crippen LogP contribution in [0.15, 0.2) is 18.2 Å². The number of halogens is 1. The lowest BCUT2D eigenvalue weighted by Gasteiger charge is -2.15. The van der Waals surface area contributed by atoms with E-state index < -0.39 is 6.04 Å². The van der Waals surface area contributed by atoms with Gasteiger partial charge < -0.3 is 20.5 Å². The minimum Gasteiger partial charge on any atom is -0.454 e. The Bertz CT molecular complexity index is 437. The van der Waals surface area contributed by atoms with E-state index in [9.17, 15) is 4.79 Å². The van der Waals surface area contributed by atoms with Gasteiger partial charge in [-0.1, -0.05) is 13.8 Å². The first-order chi connectivity index (χ1) is 8.08. The molecule has 5 nitrogen and oxygen atoms in total. The second kappa shape index (κ2) is 5.93. The second-order valence-electron chi connectivity index (χ2n) is 4.33. The highest BCUT2D eigenvalue weighted by Crippen LogP contribution is 2.34. The molecule has 1 unspecified atom stereocenters. The molecule has 2 rings (SSSR count). The molecule has 100 valence electrons. The van der Waals surface area contributed by atoms with Crippen LogP contribution in [0.2, 0.25) is 0 Å². The van der Waals surface area contributed by atoms with Crippen LogP contribution in [0.3, 0.4) is 0 Å². The maximum Gasteiger partial charge on any atom is 0.241 e. The number of hydrogen-bond donors (Lipinski definition) is 2. The molecule has 1 aromatic carbocycles. The van der Waals surface area contributed by atoms with Gasteiger partial charge >= 0.3 is 0 Å². The van der Waals surface area contributed by atoms with Gasteiger partial charge in [0.25, 0.3) is 0 Å². The highest BCUT2D eigenvalue weighted by molar-refractivity contribution is 5.95. The second-order valence-corrected chi connectivity index (χ2v) is 4.33. The number of rotatable bonds is 3. The van der Waals surface area contributed by atoms with Crippen LogP contribution in [0.25, 0.3) is 0 Å². The molecule has 3 N–H and O–H groups in total. The fraction of sp³-hybridized carbons (Fsp3) is 0.417.